The summed E-state index contributed by atoms with van der Waals surface area (Å²) in [6.45, 7) is 2.64. The average Bonchev–Trinajstić information content (AvgIpc) is 2.97. The molecule has 0 aromatic carbocycles. The van der Waals surface area contributed by atoms with E-state index in [0.29, 0.717) is 0 Å². The number of aliphatic hydroxyl groups excluding tert-OH is 10. The molecule has 4 saturated heterocycles. The Morgan fingerprint density at radius 1 is 0.444 bits per heavy atom. The molecule has 21 heteroatoms. The Morgan fingerprint density at radius 2 is 0.889 bits per heavy atom. The molecule has 4 aliphatic heterocycles. The maximum absolute atomic E-state index is 11.5. The van der Waals surface area contributed by atoms with Crippen LogP contribution in [-0.4, -0.2) is 196 Å². The molecule has 0 aliphatic carbocycles. The summed E-state index contributed by atoms with van der Waals surface area (Å²) >= 11 is 0. The second kappa shape index (κ2) is 14.2. The minimum Gasteiger partial charge on any atom is -0.479 e. The van der Waals surface area contributed by atoms with Gasteiger partial charge in [0, 0.05) is 0 Å². The minimum atomic E-state index is -2.08. The molecule has 4 fully saturated rings. The number of hydrogen-bond donors (Lipinski definition) is 12. The third-order valence-corrected chi connectivity index (χ3v) is 8.06. The number of hydrogen-bond acceptors (Lipinski definition) is 19. The van der Waals surface area contributed by atoms with Crippen LogP contribution in [0.3, 0.4) is 0 Å². The third-order valence-electron chi connectivity index (χ3n) is 8.06. The van der Waals surface area contributed by atoms with Crippen LogP contribution in [0.25, 0.3) is 0 Å². The van der Waals surface area contributed by atoms with Gasteiger partial charge in [-0.1, -0.05) is 0 Å². The molecule has 0 saturated carbocycles. The Kier molecular flexibility index (Phi) is 11.4. The molecule has 4 aliphatic rings. The fourth-order valence-electron chi connectivity index (χ4n) is 5.40. The quantitative estimate of drug-likeness (QED) is 0.115. The summed E-state index contributed by atoms with van der Waals surface area (Å²) in [6, 6.07) is 0. The van der Waals surface area contributed by atoms with E-state index in [1.165, 1.54) is 13.8 Å². The van der Waals surface area contributed by atoms with E-state index in [2.05, 4.69) is 0 Å². The topological polar surface area (TPSA) is 342 Å². The summed E-state index contributed by atoms with van der Waals surface area (Å²) in [5.41, 5.74) is 0. The molecule has 0 spiro atoms. The fraction of sp³-hybridized carbons (Fsp3) is 0.917. The van der Waals surface area contributed by atoms with Gasteiger partial charge >= 0.3 is 11.9 Å². The maximum Gasteiger partial charge on any atom is 0.335 e. The van der Waals surface area contributed by atoms with Gasteiger partial charge in [0.15, 0.2) is 37.4 Å². The van der Waals surface area contributed by atoms with Crippen molar-refractivity contribution in [1.29, 1.82) is 0 Å². The first kappa shape index (κ1) is 36.1. The number of rotatable bonds is 8. The van der Waals surface area contributed by atoms with E-state index in [4.69, 9.17) is 33.2 Å². The lowest BCUT2D eigenvalue weighted by Crippen LogP contribution is -2.67. The van der Waals surface area contributed by atoms with E-state index in [1.807, 2.05) is 0 Å². The molecule has 4 rings (SSSR count). The van der Waals surface area contributed by atoms with Crippen molar-refractivity contribution in [1.82, 2.24) is 0 Å². The lowest BCUT2D eigenvalue weighted by Gasteiger charge is -2.48. The molecule has 0 unspecified atom stereocenters. The molecule has 4 heterocycles. The predicted molar refractivity (Wildman–Crippen MR) is 132 cm³/mol. The highest BCUT2D eigenvalue weighted by atomic mass is 16.8. The molecule has 12 N–H and O–H groups in total. The molecule has 0 bridgehead atoms. The summed E-state index contributed by atoms with van der Waals surface area (Å²) in [7, 11) is 0. The summed E-state index contributed by atoms with van der Waals surface area (Å²) in [4.78, 5) is 22.9. The van der Waals surface area contributed by atoms with Crippen LogP contribution in [0.4, 0.5) is 0 Å². The Bertz CT molecular complexity index is 1030. The zero-order valence-corrected chi connectivity index (χ0v) is 23.6. The average molecular weight is 663 g/mol. The molecule has 21 nitrogen and oxygen atoms in total. The normalized spacial score (nSPS) is 52.7. The molecule has 0 aromatic rings. The molecular formula is C24H38O21. The molecular weight excluding hydrogens is 624 g/mol. The van der Waals surface area contributed by atoms with Gasteiger partial charge in [0.25, 0.3) is 0 Å². The molecule has 0 amide bonds. The smallest absolute Gasteiger partial charge is 0.335 e. The lowest BCUT2D eigenvalue weighted by atomic mass is 9.96. The van der Waals surface area contributed by atoms with Crippen LogP contribution >= 0.6 is 0 Å². The summed E-state index contributed by atoms with van der Waals surface area (Å²) in [5, 5.41) is 122. The van der Waals surface area contributed by atoms with Crippen LogP contribution < -0.4 is 0 Å². The van der Waals surface area contributed by atoms with Crippen molar-refractivity contribution in [2.75, 3.05) is 0 Å². The van der Waals surface area contributed by atoms with Gasteiger partial charge in [-0.05, 0) is 13.8 Å². The van der Waals surface area contributed by atoms with E-state index in [1.54, 1.807) is 0 Å². The van der Waals surface area contributed by atoms with Gasteiger partial charge in [-0.2, -0.15) is 0 Å². The lowest BCUT2D eigenvalue weighted by molar-refractivity contribution is -0.391. The van der Waals surface area contributed by atoms with Gasteiger partial charge in [0.1, 0.15) is 73.2 Å². The number of carboxylic acid groups (broad SMARTS) is 2. The summed E-state index contributed by atoms with van der Waals surface area (Å²) in [5.74, 6) is -3.45. The van der Waals surface area contributed by atoms with Gasteiger partial charge < -0.3 is 94.4 Å². The van der Waals surface area contributed by atoms with Crippen LogP contribution in [0, 0.1) is 0 Å². The largest absolute Gasteiger partial charge is 0.479 e. The van der Waals surface area contributed by atoms with Crippen LogP contribution in [0.2, 0.25) is 0 Å². The maximum atomic E-state index is 11.5. The first-order valence-electron chi connectivity index (χ1n) is 13.8. The molecule has 20 atom stereocenters. The number of ether oxygens (including phenoxy) is 7. The van der Waals surface area contributed by atoms with Crippen molar-refractivity contribution in [3.8, 4) is 0 Å². The Balaban J connectivity index is 1.54. The summed E-state index contributed by atoms with van der Waals surface area (Å²) in [6.07, 6.45) is -37.5. The van der Waals surface area contributed by atoms with E-state index < -0.39 is 135 Å². The van der Waals surface area contributed by atoms with Crippen LogP contribution in [0.15, 0.2) is 0 Å². The summed E-state index contributed by atoms with van der Waals surface area (Å²) < 4.78 is 37.7. The van der Waals surface area contributed by atoms with E-state index in [0.717, 1.165) is 0 Å². The predicted octanol–water partition coefficient (Wildman–Crippen LogP) is -7.51. The zero-order valence-electron chi connectivity index (χ0n) is 23.6. The number of carbonyl (C=O) groups is 2. The second-order valence-electron chi connectivity index (χ2n) is 11.2. The van der Waals surface area contributed by atoms with Gasteiger partial charge in [-0.3, -0.25) is 0 Å². The minimum absolute atomic E-state index is 1.16. The molecule has 45 heavy (non-hydrogen) atoms. The Morgan fingerprint density at radius 3 is 1.36 bits per heavy atom. The van der Waals surface area contributed by atoms with Crippen LogP contribution in [0.1, 0.15) is 13.8 Å². The van der Waals surface area contributed by atoms with E-state index >= 15 is 0 Å². The van der Waals surface area contributed by atoms with Gasteiger partial charge in [-0.25, -0.2) is 9.59 Å². The van der Waals surface area contributed by atoms with Crippen molar-refractivity contribution in [2.45, 2.75) is 137 Å². The third kappa shape index (κ3) is 7.09. The van der Waals surface area contributed by atoms with Crippen LogP contribution in [0.5, 0.6) is 0 Å². The number of aliphatic hydroxyl groups is 10. The standard InChI is InChI=1S/C24H38O21/c1-3-5(25)8(28)18(45-23-12(32)7(27)10(30)16(43-23)20(36)37)24(40-3)41-14-4(2)39-21(38)17(13(14)33)44-22-11(31)6(26)9(29)15(42-22)19(34)35/h3-18,21-33,38H,1-2H3,(H,34,35)(H,36,37)/t3-,4-,5-,6-,7-,8+,9-,10-,11+,12+,13+,14+,15-,16-,17-,18-,21-,22-,23-,24+/m0/s1. The molecule has 0 radical (unpaired) electrons. The SMILES string of the molecule is C[C@@H]1O[C@H](O[C@H]2[C@@H](O)[C@H](O[C@@H]3O[C@H](C(=O)O)[C@@H](O)[C@H](O)[C@H]3O)[C@@H](O)O[C@H]2C)[C@@H](O[C@@H]2O[C@H](C(=O)O)[C@@H](O)[C@H](O)[C@H]2O)[C@H](O)[C@H]1O. The Hall–Kier alpha value is -1.74. The molecule has 0 aromatic heterocycles. The van der Waals surface area contributed by atoms with Crippen molar-refractivity contribution in [2.24, 2.45) is 0 Å². The van der Waals surface area contributed by atoms with E-state index in [9.17, 15) is 70.9 Å². The highest BCUT2D eigenvalue weighted by molar-refractivity contribution is 5.73. The van der Waals surface area contributed by atoms with Gasteiger partial charge in [0.2, 0.25) is 0 Å². The second-order valence-corrected chi connectivity index (χ2v) is 11.2. The van der Waals surface area contributed by atoms with Crippen molar-refractivity contribution in [3.05, 3.63) is 0 Å². The Labute approximate surface area is 253 Å². The highest BCUT2D eigenvalue weighted by Crippen LogP contribution is 2.34. The number of carboxylic acids is 2. The van der Waals surface area contributed by atoms with Crippen molar-refractivity contribution >= 4 is 11.9 Å². The van der Waals surface area contributed by atoms with Crippen LogP contribution in [-0.2, 0) is 42.7 Å². The zero-order chi connectivity index (χ0) is 33.7. The molecule has 260 valence electrons. The first-order chi connectivity index (χ1) is 21.0. The number of aliphatic carboxylic acids is 2. The fourth-order valence-corrected chi connectivity index (χ4v) is 5.40. The monoisotopic (exact) mass is 662 g/mol. The highest BCUT2D eigenvalue weighted by Gasteiger charge is 2.55. The first-order valence-corrected chi connectivity index (χ1v) is 13.8. The van der Waals surface area contributed by atoms with Gasteiger partial charge in [-0.15, -0.1) is 0 Å². The van der Waals surface area contributed by atoms with Crippen molar-refractivity contribution < 1.29 is 104 Å². The van der Waals surface area contributed by atoms with Gasteiger partial charge in [0.05, 0.1) is 12.2 Å². The van der Waals surface area contributed by atoms with Crippen molar-refractivity contribution in [3.63, 3.8) is 0 Å². The van der Waals surface area contributed by atoms with E-state index in [-0.39, 0.29) is 0 Å².